The maximum Gasteiger partial charge on any atom is 0.416 e. The molecule has 6 nitrogen and oxygen atoms in total. The molecule has 0 radical (unpaired) electrons. The SMILES string of the molecule is COc1ccccc1C(=O)NC(=O)COC(=O)/C=C/c1ccc(C(F)(F)F)cc1. The number of methoxy groups -OCH3 is 1. The van der Waals surface area contributed by atoms with Gasteiger partial charge < -0.3 is 9.47 Å². The molecule has 0 heterocycles. The van der Waals surface area contributed by atoms with Gasteiger partial charge in [0.2, 0.25) is 0 Å². The molecule has 2 aromatic carbocycles. The molecular formula is C20H16F3NO5. The number of carbonyl (C=O) groups is 3. The van der Waals surface area contributed by atoms with E-state index in [0.717, 1.165) is 18.2 Å². The van der Waals surface area contributed by atoms with E-state index in [1.165, 1.54) is 31.4 Å². The van der Waals surface area contributed by atoms with Gasteiger partial charge in [-0.05, 0) is 35.9 Å². The minimum absolute atomic E-state index is 0.136. The zero-order chi connectivity index (χ0) is 21.4. The van der Waals surface area contributed by atoms with Gasteiger partial charge in [0.25, 0.3) is 11.8 Å². The van der Waals surface area contributed by atoms with Gasteiger partial charge in [0.15, 0.2) is 6.61 Å². The van der Waals surface area contributed by atoms with Crippen molar-refractivity contribution in [3.8, 4) is 5.75 Å². The first-order chi connectivity index (χ1) is 13.7. The van der Waals surface area contributed by atoms with Crippen molar-refractivity contribution in [2.24, 2.45) is 0 Å². The molecule has 0 aliphatic heterocycles. The predicted molar refractivity (Wildman–Crippen MR) is 96.9 cm³/mol. The van der Waals surface area contributed by atoms with Crippen LogP contribution in [0, 0.1) is 0 Å². The number of nitrogens with one attached hydrogen (secondary N) is 1. The van der Waals surface area contributed by atoms with Crippen LogP contribution < -0.4 is 10.1 Å². The van der Waals surface area contributed by atoms with Crippen LogP contribution in [0.15, 0.2) is 54.6 Å². The largest absolute Gasteiger partial charge is 0.496 e. The summed E-state index contributed by atoms with van der Waals surface area (Å²) >= 11 is 0. The lowest BCUT2D eigenvalue weighted by molar-refractivity contribution is -0.143. The van der Waals surface area contributed by atoms with E-state index in [1.54, 1.807) is 18.2 Å². The van der Waals surface area contributed by atoms with E-state index in [4.69, 9.17) is 9.47 Å². The summed E-state index contributed by atoms with van der Waals surface area (Å²) in [5.74, 6) is -2.19. The molecule has 152 valence electrons. The standard InChI is InChI=1S/C20H16F3NO5/c1-28-16-5-3-2-4-15(16)19(27)24-17(25)12-29-18(26)11-8-13-6-9-14(10-7-13)20(21,22)23/h2-11H,12H2,1H3,(H,24,25,27)/b11-8+. The van der Waals surface area contributed by atoms with E-state index in [9.17, 15) is 27.6 Å². The second kappa shape index (κ2) is 9.54. The Morgan fingerprint density at radius 1 is 1.03 bits per heavy atom. The molecule has 0 aliphatic rings. The summed E-state index contributed by atoms with van der Waals surface area (Å²) in [6.45, 7) is -0.711. The molecule has 0 atom stereocenters. The number of imide groups is 1. The fourth-order valence-corrected chi connectivity index (χ4v) is 2.19. The molecule has 9 heteroatoms. The highest BCUT2D eigenvalue weighted by Gasteiger charge is 2.29. The molecule has 0 saturated heterocycles. The smallest absolute Gasteiger partial charge is 0.416 e. The Hall–Kier alpha value is -3.62. The van der Waals surface area contributed by atoms with Crippen molar-refractivity contribution in [2.75, 3.05) is 13.7 Å². The molecule has 0 aromatic heterocycles. The zero-order valence-electron chi connectivity index (χ0n) is 15.2. The van der Waals surface area contributed by atoms with Crippen molar-refractivity contribution in [3.05, 3.63) is 71.3 Å². The van der Waals surface area contributed by atoms with Gasteiger partial charge in [-0.1, -0.05) is 24.3 Å². The Balaban J connectivity index is 1.84. The number of para-hydroxylation sites is 1. The molecule has 0 spiro atoms. The number of esters is 1. The van der Waals surface area contributed by atoms with Gasteiger partial charge in [-0.25, -0.2) is 4.79 Å². The van der Waals surface area contributed by atoms with Crippen molar-refractivity contribution in [2.45, 2.75) is 6.18 Å². The van der Waals surface area contributed by atoms with Crippen molar-refractivity contribution in [1.29, 1.82) is 0 Å². The van der Waals surface area contributed by atoms with Crippen LogP contribution in [0.25, 0.3) is 6.08 Å². The number of ether oxygens (including phenoxy) is 2. The summed E-state index contributed by atoms with van der Waals surface area (Å²) in [6.07, 6.45) is -2.26. The van der Waals surface area contributed by atoms with Crippen LogP contribution in [-0.4, -0.2) is 31.5 Å². The van der Waals surface area contributed by atoms with Crippen LogP contribution in [0.3, 0.4) is 0 Å². The zero-order valence-corrected chi connectivity index (χ0v) is 15.2. The number of alkyl halides is 3. The van der Waals surface area contributed by atoms with E-state index in [0.29, 0.717) is 5.56 Å². The van der Waals surface area contributed by atoms with Crippen molar-refractivity contribution in [1.82, 2.24) is 5.32 Å². The van der Waals surface area contributed by atoms with Crippen LogP contribution in [-0.2, 0) is 20.5 Å². The summed E-state index contributed by atoms with van der Waals surface area (Å²) in [5, 5.41) is 2.05. The van der Waals surface area contributed by atoms with Crippen LogP contribution in [0.1, 0.15) is 21.5 Å². The van der Waals surface area contributed by atoms with Gasteiger partial charge in [0.1, 0.15) is 5.75 Å². The number of amides is 2. The van der Waals surface area contributed by atoms with Crippen LogP contribution in [0.5, 0.6) is 5.75 Å². The maximum atomic E-state index is 12.5. The van der Waals surface area contributed by atoms with Crippen molar-refractivity contribution < 1.29 is 37.0 Å². The quantitative estimate of drug-likeness (QED) is 0.587. The van der Waals surface area contributed by atoms with E-state index in [2.05, 4.69) is 5.32 Å². The normalized spacial score (nSPS) is 11.2. The van der Waals surface area contributed by atoms with Crippen LogP contribution >= 0.6 is 0 Å². The number of halogens is 3. The van der Waals surface area contributed by atoms with E-state index in [-0.39, 0.29) is 11.3 Å². The fourth-order valence-electron chi connectivity index (χ4n) is 2.19. The minimum Gasteiger partial charge on any atom is -0.496 e. The first-order valence-electron chi connectivity index (χ1n) is 8.20. The highest BCUT2D eigenvalue weighted by Crippen LogP contribution is 2.29. The molecule has 0 unspecified atom stereocenters. The first kappa shape index (κ1) is 21.7. The molecule has 0 fully saturated rings. The third-order valence-corrected chi connectivity index (χ3v) is 3.60. The third-order valence-electron chi connectivity index (χ3n) is 3.60. The van der Waals surface area contributed by atoms with Gasteiger partial charge >= 0.3 is 12.1 Å². The number of hydrogen-bond donors (Lipinski definition) is 1. The molecule has 0 saturated carbocycles. The van der Waals surface area contributed by atoms with E-state index >= 15 is 0 Å². The van der Waals surface area contributed by atoms with E-state index in [1.807, 2.05) is 0 Å². The molecule has 1 N–H and O–H groups in total. The summed E-state index contributed by atoms with van der Waals surface area (Å²) in [6, 6.07) is 10.4. The topological polar surface area (TPSA) is 81.7 Å². The van der Waals surface area contributed by atoms with Crippen LogP contribution in [0.4, 0.5) is 13.2 Å². The second-order valence-corrected chi connectivity index (χ2v) is 5.64. The predicted octanol–water partition coefficient (Wildman–Crippen LogP) is 3.23. The summed E-state index contributed by atoms with van der Waals surface area (Å²) in [7, 11) is 1.37. The first-order valence-corrected chi connectivity index (χ1v) is 8.20. The minimum atomic E-state index is -4.45. The van der Waals surface area contributed by atoms with Crippen molar-refractivity contribution in [3.63, 3.8) is 0 Å². The lowest BCUT2D eigenvalue weighted by atomic mass is 10.1. The van der Waals surface area contributed by atoms with Gasteiger partial charge in [0, 0.05) is 6.08 Å². The summed E-state index contributed by atoms with van der Waals surface area (Å²) in [4.78, 5) is 35.4. The lowest BCUT2D eigenvalue weighted by Gasteiger charge is -2.08. The molecule has 2 amide bonds. The summed E-state index contributed by atoms with van der Waals surface area (Å²) in [5.41, 5.74) is -0.337. The molecule has 29 heavy (non-hydrogen) atoms. The molecule has 2 rings (SSSR count). The monoisotopic (exact) mass is 407 g/mol. The molecule has 0 bridgehead atoms. The molecule has 2 aromatic rings. The Kier molecular flexibility index (Phi) is 7.13. The average Bonchev–Trinajstić information content (AvgIpc) is 2.70. The highest BCUT2D eigenvalue weighted by molar-refractivity contribution is 6.06. The number of rotatable bonds is 6. The van der Waals surface area contributed by atoms with Crippen molar-refractivity contribution >= 4 is 23.9 Å². The van der Waals surface area contributed by atoms with Crippen LogP contribution in [0.2, 0.25) is 0 Å². The Labute approximate surface area is 163 Å². The fraction of sp³-hybridized carbons (Fsp3) is 0.150. The number of benzene rings is 2. The number of hydrogen-bond acceptors (Lipinski definition) is 5. The van der Waals surface area contributed by atoms with Gasteiger partial charge in [-0.3, -0.25) is 14.9 Å². The van der Waals surface area contributed by atoms with E-state index < -0.39 is 36.1 Å². The lowest BCUT2D eigenvalue weighted by Crippen LogP contribution is -2.34. The Morgan fingerprint density at radius 3 is 2.31 bits per heavy atom. The molecular weight excluding hydrogens is 391 g/mol. The second-order valence-electron chi connectivity index (χ2n) is 5.64. The highest BCUT2D eigenvalue weighted by atomic mass is 19.4. The third kappa shape index (κ3) is 6.49. The summed E-state index contributed by atoms with van der Waals surface area (Å²) < 4.78 is 47.2. The Bertz CT molecular complexity index is 920. The van der Waals surface area contributed by atoms with Gasteiger partial charge in [0.05, 0.1) is 18.2 Å². The maximum absolute atomic E-state index is 12.5. The van der Waals surface area contributed by atoms with Gasteiger partial charge in [-0.15, -0.1) is 0 Å². The molecule has 0 aliphatic carbocycles. The van der Waals surface area contributed by atoms with Gasteiger partial charge in [-0.2, -0.15) is 13.2 Å². The average molecular weight is 407 g/mol. The Morgan fingerprint density at radius 2 is 1.69 bits per heavy atom. The number of carbonyl (C=O) groups excluding carboxylic acids is 3.